The first-order valence-electron chi connectivity index (χ1n) is 10.2. The highest BCUT2D eigenvalue weighted by Gasteiger charge is 2.09. The van der Waals surface area contributed by atoms with Crippen LogP contribution in [0, 0.1) is 0 Å². The van der Waals surface area contributed by atoms with Crippen LogP contribution in [0.2, 0.25) is 0 Å². The summed E-state index contributed by atoms with van der Waals surface area (Å²) in [7, 11) is 0. The van der Waals surface area contributed by atoms with Gasteiger partial charge in [-0.15, -0.1) is 0 Å². The summed E-state index contributed by atoms with van der Waals surface area (Å²) in [5.41, 5.74) is 0.615. The van der Waals surface area contributed by atoms with Crippen molar-refractivity contribution in [2.24, 2.45) is 0 Å². The number of aromatic hydroxyl groups is 2. The zero-order valence-corrected chi connectivity index (χ0v) is 16.7. The summed E-state index contributed by atoms with van der Waals surface area (Å²) in [4.78, 5) is 23.9. The fourth-order valence-corrected chi connectivity index (χ4v) is 3.06. The number of carbonyl (C=O) groups excluding carboxylic acids is 2. The summed E-state index contributed by atoms with van der Waals surface area (Å²) in [6, 6.07) is 13.1. The molecule has 0 heterocycles. The Hall–Kier alpha value is -3.02. The SMILES string of the molecule is O=C(NCCCCCCCCCNC(=O)c1ccccc1O)c1ccccc1O. The summed E-state index contributed by atoms with van der Waals surface area (Å²) in [5, 5.41) is 25.0. The normalized spacial score (nSPS) is 10.5. The van der Waals surface area contributed by atoms with Crippen molar-refractivity contribution in [3.63, 3.8) is 0 Å². The number of benzene rings is 2. The Bertz CT molecular complexity index is 726. The van der Waals surface area contributed by atoms with Crippen molar-refractivity contribution >= 4 is 11.8 Å². The molecule has 0 saturated carbocycles. The number of nitrogens with one attached hydrogen (secondary N) is 2. The Morgan fingerprint density at radius 2 is 0.931 bits per heavy atom. The highest BCUT2D eigenvalue weighted by Crippen LogP contribution is 2.16. The largest absolute Gasteiger partial charge is 0.507 e. The van der Waals surface area contributed by atoms with Gasteiger partial charge in [-0.25, -0.2) is 0 Å². The average Bonchev–Trinajstić information content (AvgIpc) is 2.72. The molecule has 2 aromatic carbocycles. The number of hydrogen-bond donors (Lipinski definition) is 4. The van der Waals surface area contributed by atoms with Gasteiger partial charge in [0.2, 0.25) is 0 Å². The third-order valence-electron chi connectivity index (χ3n) is 4.72. The monoisotopic (exact) mass is 398 g/mol. The van der Waals surface area contributed by atoms with E-state index in [0.717, 1.165) is 44.9 Å². The number of phenols is 2. The molecule has 0 spiro atoms. The van der Waals surface area contributed by atoms with Crippen LogP contribution in [0.1, 0.15) is 65.7 Å². The van der Waals surface area contributed by atoms with Gasteiger partial charge in [-0.05, 0) is 37.1 Å². The van der Waals surface area contributed by atoms with Gasteiger partial charge in [0.25, 0.3) is 11.8 Å². The number of unbranched alkanes of at least 4 members (excludes halogenated alkanes) is 6. The van der Waals surface area contributed by atoms with E-state index in [9.17, 15) is 19.8 Å². The first-order valence-corrected chi connectivity index (χ1v) is 10.2. The zero-order chi connectivity index (χ0) is 20.9. The van der Waals surface area contributed by atoms with Gasteiger partial charge in [0.05, 0.1) is 11.1 Å². The van der Waals surface area contributed by atoms with Crippen LogP contribution in [0.4, 0.5) is 0 Å². The number of phenolic OH excluding ortho intramolecular Hbond substituents is 2. The van der Waals surface area contributed by atoms with Gasteiger partial charge in [-0.3, -0.25) is 9.59 Å². The molecule has 4 N–H and O–H groups in total. The van der Waals surface area contributed by atoms with Crippen molar-refractivity contribution in [1.82, 2.24) is 10.6 Å². The Morgan fingerprint density at radius 3 is 1.31 bits per heavy atom. The summed E-state index contributed by atoms with van der Waals surface area (Å²) in [5.74, 6) is -0.480. The molecule has 0 aliphatic carbocycles. The van der Waals surface area contributed by atoms with E-state index in [0.29, 0.717) is 24.2 Å². The second-order valence-corrected chi connectivity index (χ2v) is 7.02. The van der Waals surface area contributed by atoms with Gasteiger partial charge >= 0.3 is 0 Å². The zero-order valence-electron chi connectivity index (χ0n) is 16.7. The van der Waals surface area contributed by atoms with Crippen LogP contribution in [0.3, 0.4) is 0 Å². The molecule has 0 aliphatic rings. The van der Waals surface area contributed by atoms with Crippen LogP contribution in [0.25, 0.3) is 0 Å². The quantitative estimate of drug-likeness (QED) is 0.406. The van der Waals surface area contributed by atoms with Crippen LogP contribution in [0.15, 0.2) is 48.5 Å². The van der Waals surface area contributed by atoms with Crippen molar-refractivity contribution in [2.75, 3.05) is 13.1 Å². The smallest absolute Gasteiger partial charge is 0.255 e. The molecule has 0 unspecified atom stereocenters. The predicted octanol–water partition coefficient (Wildman–Crippen LogP) is 3.99. The van der Waals surface area contributed by atoms with Gasteiger partial charge in [-0.2, -0.15) is 0 Å². The minimum atomic E-state index is -0.242. The maximum Gasteiger partial charge on any atom is 0.255 e. The number of carbonyl (C=O) groups is 2. The first kappa shape index (κ1) is 22.3. The molecule has 0 aromatic heterocycles. The molecule has 2 rings (SSSR count). The molecule has 2 amide bonds. The lowest BCUT2D eigenvalue weighted by atomic mass is 10.1. The summed E-state index contributed by atoms with van der Waals surface area (Å²) in [6.45, 7) is 1.21. The van der Waals surface area contributed by atoms with Gasteiger partial charge in [0, 0.05) is 13.1 Å². The molecule has 2 aromatic rings. The van der Waals surface area contributed by atoms with E-state index < -0.39 is 0 Å². The fraction of sp³-hybridized carbons (Fsp3) is 0.391. The third kappa shape index (κ3) is 7.86. The fourth-order valence-electron chi connectivity index (χ4n) is 3.06. The van der Waals surface area contributed by atoms with Gasteiger partial charge in [-0.1, -0.05) is 56.4 Å². The lowest BCUT2D eigenvalue weighted by Crippen LogP contribution is -2.24. The highest BCUT2D eigenvalue weighted by molar-refractivity contribution is 5.97. The molecule has 0 radical (unpaired) electrons. The standard InChI is InChI=1S/C23H30N2O4/c26-20-14-8-6-12-18(20)22(28)24-16-10-4-2-1-3-5-11-17-25-23(29)19-13-7-9-15-21(19)27/h6-9,12-15,26-27H,1-5,10-11,16-17H2,(H,24,28)(H,25,29). The van der Waals surface area contributed by atoms with Crippen molar-refractivity contribution in [1.29, 1.82) is 0 Å². The molecule has 6 heteroatoms. The van der Waals surface area contributed by atoms with Crippen LogP contribution in [-0.2, 0) is 0 Å². The molecular weight excluding hydrogens is 368 g/mol. The third-order valence-corrected chi connectivity index (χ3v) is 4.72. The maximum atomic E-state index is 11.9. The number of rotatable bonds is 12. The first-order chi connectivity index (χ1) is 14.1. The lowest BCUT2D eigenvalue weighted by Gasteiger charge is -2.07. The molecule has 0 atom stereocenters. The molecule has 0 aliphatic heterocycles. The molecule has 6 nitrogen and oxygen atoms in total. The molecule has 0 saturated heterocycles. The molecule has 0 bridgehead atoms. The van der Waals surface area contributed by atoms with Crippen molar-refractivity contribution in [2.45, 2.75) is 44.9 Å². The van der Waals surface area contributed by atoms with Crippen LogP contribution >= 0.6 is 0 Å². The van der Waals surface area contributed by atoms with E-state index in [1.54, 1.807) is 36.4 Å². The van der Waals surface area contributed by atoms with Gasteiger partial charge in [0.15, 0.2) is 0 Å². The number of hydrogen-bond acceptors (Lipinski definition) is 4. The maximum absolute atomic E-state index is 11.9. The van der Waals surface area contributed by atoms with E-state index in [2.05, 4.69) is 10.6 Å². The van der Waals surface area contributed by atoms with Crippen LogP contribution < -0.4 is 10.6 Å². The minimum absolute atomic E-state index is 0.00163. The van der Waals surface area contributed by atoms with Crippen LogP contribution in [-0.4, -0.2) is 35.1 Å². The predicted molar refractivity (Wildman–Crippen MR) is 113 cm³/mol. The van der Waals surface area contributed by atoms with E-state index in [4.69, 9.17) is 0 Å². The second kappa shape index (κ2) is 12.4. The van der Waals surface area contributed by atoms with Crippen molar-refractivity contribution < 1.29 is 19.8 Å². The number of amides is 2. The molecule has 156 valence electrons. The van der Waals surface area contributed by atoms with E-state index >= 15 is 0 Å². The number of para-hydroxylation sites is 2. The van der Waals surface area contributed by atoms with E-state index in [-0.39, 0.29) is 23.3 Å². The van der Waals surface area contributed by atoms with Crippen molar-refractivity contribution in [3.05, 3.63) is 59.7 Å². The highest BCUT2D eigenvalue weighted by atomic mass is 16.3. The summed E-state index contributed by atoms with van der Waals surface area (Å²) >= 11 is 0. The molecular formula is C23H30N2O4. The van der Waals surface area contributed by atoms with Crippen LogP contribution in [0.5, 0.6) is 11.5 Å². The van der Waals surface area contributed by atoms with E-state index in [1.807, 2.05) is 0 Å². The topological polar surface area (TPSA) is 98.7 Å². The summed E-state index contributed by atoms with van der Waals surface area (Å²) < 4.78 is 0. The summed E-state index contributed by atoms with van der Waals surface area (Å²) in [6.07, 6.45) is 7.26. The molecule has 0 fully saturated rings. The Balaban J connectivity index is 1.44. The average molecular weight is 399 g/mol. The Labute approximate surface area is 172 Å². The minimum Gasteiger partial charge on any atom is -0.507 e. The Kier molecular flexibility index (Phi) is 9.55. The Morgan fingerprint density at radius 1 is 0.586 bits per heavy atom. The van der Waals surface area contributed by atoms with Gasteiger partial charge < -0.3 is 20.8 Å². The second-order valence-electron chi connectivity index (χ2n) is 7.02. The van der Waals surface area contributed by atoms with E-state index in [1.165, 1.54) is 12.1 Å². The lowest BCUT2D eigenvalue weighted by molar-refractivity contribution is 0.0942. The molecule has 29 heavy (non-hydrogen) atoms. The van der Waals surface area contributed by atoms with Gasteiger partial charge in [0.1, 0.15) is 11.5 Å². The van der Waals surface area contributed by atoms with Crippen molar-refractivity contribution in [3.8, 4) is 11.5 Å².